The molecule has 20 heavy (non-hydrogen) atoms. The monoisotopic (exact) mass is 281 g/mol. The standard InChI is InChI=1S/C15H23NO4/c1-8-3-9(2)12(17)7-11(8)13(18)4-10-5-14(19)16-15(20)6-10/h8-11,13,18H,3-7H2,1-2H3,(H,16,19,20). The number of carbonyl (C=O) groups is 3. The number of ketones is 1. The van der Waals surface area contributed by atoms with Gasteiger partial charge in [-0.2, -0.15) is 0 Å². The lowest BCUT2D eigenvalue weighted by Crippen LogP contribution is -2.42. The molecule has 2 N–H and O–H groups in total. The molecule has 2 fully saturated rings. The van der Waals surface area contributed by atoms with Gasteiger partial charge in [-0.3, -0.25) is 19.7 Å². The zero-order valence-corrected chi connectivity index (χ0v) is 12.1. The van der Waals surface area contributed by atoms with Gasteiger partial charge in [-0.15, -0.1) is 0 Å². The highest BCUT2D eigenvalue weighted by Crippen LogP contribution is 2.36. The SMILES string of the molecule is CC1CC(C)C(C(O)CC2CC(=O)NC(=O)C2)CC1=O. The summed E-state index contributed by atoms with van der Waals surface area (Å²) in [7, 11) is 0. The van der Waals surface area contributed by atoms with E-state index in [1.807, 2.05) is 6.92 Å². The van der Waals surface area contributed by atoms with E-state index in [9.17, 15) is 19.5 Å². The number of hydrogen-bond donors (Lipinski definition) is 2. The minimum Gasteiger partial charge on any atom is -0.393 e. The molecule has 0 spiro atoms. The van der Waals surface area contributed by atoms with Crippen molar-refractivity contribution < 1.29 is 19.5 Å². The van der Waals surface area contributed by atoms with Crippen LogP contribution < -0.4 is 5.32 Å². The van der Waals surface area contributed by atoms with E-state index in [0.29, 0.717) is 18.8 Å². The van der Waals surface area contributed by atoms with Gasteiger partial charge < -0.3 is 5.11 Å². The van der Waals surface area contributed by atoms with Crippen molar-refractivity contribution in [3.8, 4) is 0 Å². The summed E-state index contributed by atoms with van der Waals surface area (Å²) in [6, 6.07) is 0. The quantitative estimate of drug-likeness (QED) is 0.757. The third kappa shape index (κ3) is 3.45. The highest BCUT2D eigenvalue weighted by atomic mass is 16.3. The summed E-state index contributed by atoms with van der Waals surface area (Å²) in [4.78, 5) is 34.5. The zero-order valence-electron chi connectivity index (χ0n) is 12.1. The van der Waals surface area contributed by atoms with Crippen LogP contribution >= 0.6 is 0 Å². The third-order valence-corrected chi connectivity index (χ3v) is 4.74. The number of aliphatic hydroxyl groups excluding tert-OH is 1. The molecule has 1 saturated heterocycles. The minimum atomic E-state index is -0.606. The molecule has 0 bridgehead atoms. The summed E-state index contributed by atoms with van der Waals surface area (Å²) in [5.41, 5.74) is 0. The van der Waals surface area contributed by atoms with Crippen LogP contribution in [0.25, 0.3) is 0 Å². The van der Waals surface area contributed by atoms with E-state index >= 15 is 0 Å². The molecule has 1 aliphatic carbocycles. The van der Waals surface area contributed by atoms with Gasteiger partial charge in [0.1, 0.15) is 5.78 Å². The fourth-order valence-electron chi connectivity index (χ4n) is 3.55. The second-order valence-corrected chi connectivity index (χ2v) is 6.50. The predicted molar refractivity (Wildman–Crippen MR) is 72.6 cm³/mol. The van der Waals surface area contributed by atoms with E-state index in [2.05, 4.69) is 12.2 Å². The Morgan fingerprint density at radius 1 is 1.15 bits per heavy atom. The van der Waals surface area contributed by atoms with Crippen molar-refractivity contribution in [2.24, 2.45) is 23.7 Å². The summed E-state index contributed by atoms with van der Waals surface area (Å²) in [6.45, 7) is 4.00. The molecular weight excluding hydrogens is 258 g/mol. The van der Waals surface area contributed by atoms with Gasteiger partial charge in [0.25, 0.3) is 0 Å². The molecule has 1 heterocycles. The van der Waals surface area contributed by atoms with Crippen LogP contribution in [-0.2, 0) is 14.4 Å². The molecule has 1 aliphatic heterocycles. The van der Waals surface area contributed by atoms with Gasteiger partial charge in [0.2, 0.25) is 11.8 Å². The van der Waals surface area contributed by atoms with Crippen LogP contribution in [0.3, 0.4) is 0 Å². The maximum Gasteiger partial charge on any atom is 0.226 e. The number of amides is 2. The summed E-state index contributed by atoms with van der Waals surface area (Å²) < 4.78 is 0. The van der Waals surface area contributed by atoms with Crippen LogP contribution in [0.5, 0.6) is 0 Å². The largest absolute Gasteiger partial charge is 0.393 e. The number of nitrogens with one attached hydrogen (secondary N) is 1. The van der Waals surface area contributed by atoms with Crippen LogP contribution in [-0.4, -0.2) is 28.8 Å². The Morgan fingerprint density at radius 3 is 2.35 bits per heavy atom. The first kappa shape index (κ1) is 15.2. The Hall–Kier alpha value is -1.23. The number of carbonyl (C=O) groups excluding carboxylic acids is 3. The highest BCUT2D eigenvalue weighted by Gasteiger charge is 2.37. The fraction of sp³-hybridized carbons (Fsp3) is 0.800. The molecular formula is C15H23NO4. The number of piperidine rings is 1. The smallest absolute Gasteiger partial charge is 0.226 e. The molecule has 2 rings (SSSR count). The van der Waals surface area contributed by atoms with Gasteiger partial charge in [-0.1, -0.05) is 13.8 Å². The predicted octanol–water partition coefficient (Wildman–Crippen LogP) is 1.04. The van der Waals surface area contributed by atoms with Crippen molar-refractivity contribution in [1.29, 1.82) is 0 Å². The number of aliphatic hydroxyl groups is 1. The Bertz CT molecular complexity index is 404. The fourth-order valence-corrected chi connectivity index (χ4v) is 3.55. The Labute approximate surface area is 119 Å². The number of rotatable bonds is 3. The Morgan fingerprint density at radius 2 is 1.75 bits per heavy atom. The lowest BCUT2D eigenvalue weighted by Gasteiger charge is -2.36. The van der Waals surface area contributed by atoms with E-state index in [1.54, 1.807) is 0 Å². The van der Waals surface area contributed by atoms with E-state index in [0.717, 1.165) is 6.42 Å². The Balaban J connectivity index is 1.94. The molecule has 0 radical (unpaired) electrons. The highest BCUT2D eigenvalue weighted by molar-refractivity contribution is 5.97. The molecule has 0 aromatic rings. The molecule has 5 nitrogen and oxygen atoms in total. The van der Waals surface area contributed by atoms with Crippen LogP contribution in [0.15, 0.2) is 0 Å². The lowest BCUT2D eigenvalue weighted by molar-refractivity contribution is -0.136. The van der Waals surface area contributed by atoms with Gasteiger partial charge >= 0.3 is 0 Å². The van der Waals surface area contributed by atoms with Crippen molar-refractivity contribution >= 4 is 17.6 Å². The summed E-state index contributed by atoms with van der Waals surface area (Å²) >= 11 is 0. The average molecular weight is 281 g/mol. The number of imide groups is 1. The first-order valence-electron chi connectivity index (χ1n) is 7.40. The van der Waals surface area contributed by atoms with Gasteiger partial charge in [-0.05, 0) is 30.6 Å². The Kier molecular flexibility index (Phi) is 4.58. The molecule has 112 valence electrons. The summed E-state index contributed by atoms with van der Waals surface area (Å²) in [6.07, 6.45) is 1.62. The second kappa shape index (κ2) is 6.04. The van der Waals surface area contributed by atoms with Gasteiger partial charge in [0.15, 0.2) is 0 Å². The van der Waals surface area contributed by atoms with Crippen LogP contribution in [0.2, 0.25) is 0 Å². The van der Waals surface area contributed by atoms with Crippen molar-refractivity contribution in [2.45, 2.75) is 52.1 Å². The molecule has 1 saturated carbocycles. The van der Waals surface area contributed by atoms with E-state index in [-0.39, 0.29) is 48.2 Å². The molecule has 0 aromatic carbocycles. The van der Waals surface area contributed by atoms with Crippen LogP contribution in [0.1, 0.15) is 46.0 Å². The third-order valence-electron chi connectivity index (χ3n) is 4.74. The first-order valence-corrected chi connectivity index (χ1v) is 7.40. The molecule has 5 heteroatoms. The van der Waals surface area contributed by atoms with Gasteiger partial charge in [-0.25, -0.2) is 0 Å². The molecule has 0 aromatic heterocycles. The summed E-state index contributed by atoms with van der Waals surface area (Å²) in [5, 5.41) is 12.6. The molecule has 4 atom stereocenters. The van der Waals surface area contributed by atoms with Crippen molar-refractivity contribution in [2.75, 3.05) is 0 Å². The molecule has 2 amide bonds. The van der Waals surface area contributed by atoms with Crippen LogP contribution in [0, 0.1) is 23.7 Å². The molecule has 4 unspecified atom stereocenters. The second-order valence-electron chi connectivity index (χ2n) is 6.50. The van der Waals surface area contributed by atoms with Crippen molar-refractivity contribution in [3.05, 3.63) is 0 Å². The number of hydrogen-bond acceptors (Lipinski definition) is 4. The molecule has 2 aliphatic rings. The van der Waals surface area contributed by atoms with Crippen molar-refractivity contribution in [1.82, 2.24) is 5.32 Å². The lowest BCUT2D eigenvalue weighted by atomic mass is 9.70. The zero-order chi connectivity index (χ0) is 14.9. The van der Waals surface area contributed by atoms with E-state index in [4.69, 9.17) is 0 Å². The van der Waals surface area contributed by atoms with Gasteiger partial charge in [0.05, 0.1) is 6.10 Å². The van der Waals surface area contributed by atoms with Crippen molar-refractivity contribution in [3.63, 3.8) is 0 Å². The summed E-state index contributed by atoms with van der Waals surface area (Å²) in [5.74, 6) is -0.0858. The minimum absolute atomic E-state index is 0.0428. The average Bonchev–Trinajstić information content (AvgIpc) is 2.32. The van der Waals surface area contributed by atoms with E-state index < -0.39 is 6.10 Å². The van der Waals surface area contributed by atoms with Gasteiger partial charge in [0, 0.05) is 25.2 Å². The topological polar surface area (TPSA) is 83.5 Å². The van der Waals surface area contributed by atoms with E-state index in [1.165, 1.54) is 0 Å². The maximum atomic E-state index is 11.8. The van der Waals surface area contributed by atoms with Crippen LogP contribution in [0.4, 0.5) is 0 Å². The maximum absolute atomic E-state index is 11.8. The first-order chi connectivity index (χ1) is 9.36. The number of Topliss-reactive ketones (excluding diaryl/α,β-unsaturated/α-hetero) is 1. The normalized spacial score (nSPS) is 34.0.